The number of aryl methyl sites for hydroxylation is 2. The van der Waals surface area contributed by atoms with Crippen molar-refractivity contribution < 1.29 is 9.53 Å². The third-order valence-corrected chi connectivity index (χ3v) is 4.43. The lowest BCUT2D eigenvalue weighted by atomic mass is 9.93. The molecule has 126 valence electrons. The van der Waals surface area contributed by atoms with Crippen LogP contribution in [0.2, 0.25) is 0 Å². The fourth-order valence-corrected chi connectivity index (χ4v) is 3.32. The van der Waals surface area contributed by atoms with E-state index in [-0.39, 0.29) is 5.78 Å². The highest BCUT2D eigenvalue weighted by atomic mass is 16.5. The molecule has 0 N–H and O–H groups in total. The molecule has 2 heteroatoms. The highest BCUT2D eigenvalue weighted by Crippen LogP contribution is 2.23. The minimum absolute atomic E-state index is 0.0357. The summed E-state index contributed by atoms with van der Waals surface area (Å²) in [7, 11) is 0. The van der Waals surface area contributed by atoms with Gasteiger partial charge in [-0.3, -0.25) is 4.79 Å². The Hall–Kier alpha value is -2.87. The lowest BCUT2D eigenvalue weighted by Gasteiger charge is -2.16. The van der Waals surface area contributed by atoms with Gasteiger partial charge in [0.15, 0.2) is 5.78 Å². The predicted molar refractivity (Wildman–Crippen MR) is 103 cm³/mol. The number of carbonyl (C=O) groups is 1. The fraction of sp³-hybridized carbons (Fsp3) is 0.174. The zero-order valence-corrected chi connectivity index (χ0v) is 15.1. The van der Waals surface area contributed by atoms with E-state index in [1.807, 2.05) is 18.2 Å². The van der Waals surface area contributed by atoms with Crippen LogP contribution in [0.25, 0.3) is 11.6 Å². The molecule has 0 radical (unpaired) electrons. The molecular weight excluding hydrogens is 308 g/mol. The lowest BCUT2D eigenvalue weighted by molar-refractivity contribution is -0.110. The number of carbonyl (C=O) groups excluding carboxylic acids is 1. The molecule has 1 heterocycles. The molecule has 25 heavy (non-hydrogen) atoms. The van der Waals surface area contributed by atoms with Gasteiger partial charge in [-0.2, -0.15) is 0 Å². The van der Waals surface area contributed by atoms with Crippen LogP contribution in [0.15, 0.2) is 71.8 Å². The molecule has 0 amide bonds. The second kappa shape index (κ2) is 6.94. The molecule has 2 nitrogen and oxygen atoms in total. The largest absolute Gasteiger partial charge is 0.472 e. The number of ketones is 1. The van der Waals surface area contributed by atoms with Gasteiger partial charge < -0.3 is 4.74 Å². The molecule has 0 atom stereocenters. The Kier molecular flexibility index (Phi) is 4.71. The van der Waals surface area contributed by atoms with Gasteiger partial charge in [0, 0.05) is 0 Å². The summed E-state index contributed by atoms with van der Waals surface area (Å²) in [6.45, 7) is 8.46. The fourth-order valence-electron chi connectivity index (χ4n) is 3.32. The SMILES string of the molecule is CC1=COC=C(C)C1=c1c(C)cc(=CC=C2C=CC(=O)C=C2)cc1C. The Morgan fingerprint density at radius 2 is 1.36 bits per heavy atom. The molecule has 1 aromatic rings. The van der Waals surface area contributed by atoms with Crippen molar-refractivity contribution >= 4 is 17.4 Å². The van der Waals surface area contributed by atoms with E-state index in [1.165, 1.54) is 21.9 Å². The van der Waals surface area contributed by atoms with Crippen molar-refractivity contribution in [2.24, 2.45) is 0 Å². The quantitative estimate of drug-likeness (QED) is 0.785. The first-order chi connectivity index (χ1) is 12.0. The Labute approximate surface area is 148 Å². The van der Waals surface area contributed by atoms with Gasteiger partial charge in [-0.05, 0) is 83.7 Å². The normalized spacial score (nSPS) is 16.4. The molecule has 1 aromatic carbocycles. The van der Waals surface area contributed by atoms with Crippen LogP contribution in [0.1, 0.15) is 25.0 Å². The van der Waals surface area contributed by atoms with Crippen molar-refractivity contribution in [2.75, 3.05) is 0 Å². The number of hydrogen-bond donors (Lipinski definition) is 0. The summed E-state index contributed by atoms with van der Waals surface area (Å²) in [6, 6.07) is 4.40. The molecule has 0 spiro atoms. The van der Waals surface area contributed by atoms with E-state index in [1.54, 1.807) is 24.7 Å². The van der Waals surface area contributed by atoms with E-state index < -0.39 is 0 Å². The van der Waals surface area contributed by atoms with Gasteiger partial charge in [0.05, 0.1) is 12.5 Å². The molecule has 0 saturated heterocycles. The van der Waals surface area contributed by atoms with E-state index in [4.69, 9.17) is 4.74 Å². The van der Waals surface area contributed by atoms with Crippen molar-refractivity contribution in [2.45, 2.75) is 27.7 Å². The average Bonchev–Trinajstić information content (AvgIpc) is 2.56. The number of hydrogen-bond acceptors (Lipinski definition) is 2. The van der Waals surface area contributed by atoms with Gasteiger partial charge in [0.25, 0.3) is 0 Å². The minimum Gasteiger partial charge on any atom is -0.472 e. The highest BCUT2D eigenvalue weighted by Gasteiger charge is 2.12. The summed E-state index contributed by atoms with van der Waals surface area (Å²) in [5.41, 5.74) is 7.05. The smallest absolute Gasteiger partial charge is 0.178 e. The molecule has 2 aliphatic rings. The minimum atomic E-state index is 0.0357. The van der Waals surface area contributed by atoms with E-state index in [0.717, 1.165) is 21.9 Å². The van der Waals surface area contributed by atoms with E-state index in [2.05, 4.69) is 45.9 Å². The van der Waals surface area contributed by atoms with Crippen molar-refractivity contribution in [1.29, 1.82) is 0 Å². The van der Waals surface area contributed by atoms with Crippen molar-refractivity contribution in [1.82, 2.24) is 0 Å². The molecule has 0 fully saturated rings. The monoisotopic (exact) mass is 330 g/mol. The van der Waals surface area contributed by atoms with Crippen molar-refractivity contribution in [3.05, 3.63) is 93.3 Å². The lowest BCUT2D eigenvalue weighted by Crippen LogP contribution is -2.21. The van der Waals surface area contributed by atoms with Gasteiger partial charge >= 0.3 is 0 Å². The van der Waals surface area contributed by atoms with Crippen molar-refractivity contribution in [3.63, 3.8) is 0 Å². The van der Waals surface area contributed by atoms with Gasteiger partial charge in [-0.15, -0.1) is 0 Å². The van der Waals surface area contributed by atoms with Crippen LogP contribution < -0.4 is 10.4 Å². The number of rotatable bonds is 1. The Balaban J connectivity index is 2.11. The second-order valence-electron chi connectivity index (χ2n) is 6.54. The van der Waals surface area contributed by atoms with E-state index in [0.29, 0.717) is 0 Å². The Bertz CT molecular complexity index is 942. The highest BCUT2D eigenvalue weighted by molar-refractivity contribution is 6.01. The maximum absolute atomic E-state index is 11.2. The van der Waals surface area contributed by atoms with Crippen LogP contribution in [0.3, 0.4) is 0 Å². The maximum Gasteiger partial charge on any atom is 0.178 e. The zero-order valence-electron chi connectivity index (χ0n) is 15.1. The Morgan fingerprint density at radius 3 is 1.92 bits per heavy atom. The zero-order chi connectivity index (χ0) is 18.0. The summed E-state index contributed by atoms with van der Waals surface area (Å²) in [4.78, 5) is 11.2. The molecule has 3 rings (SSSR count). The predicted octanol–water partition coefficient (Wildman–Crippen LogP) is 3.69. The number of ether oxygens (including phenoxy) is 1. The topological polar surface area (TPSA) is 26.3 Å². The van der Waals surface area contributed by atoms with Crippen LogP contribution >= 0.6 is 0 Å². The van der Waals surface area contributed by atoms with Gasteiger partial charge in [0.2, 0.25) is 0 Å². The van der Waals surface area contributed by atoms with Gasteiger partial charge in [-0.25, -0.2) is 0 Å². The van der Waals surface area contributed by atoms with Crippen LogP contribution in [0, 0.1) is 13.8 Å². The maximum atomic E-state index is 11.2. The summed E-state index contributed by atoms with van der Waals surface area (Å²) in [5, 5.41) is 2.43. The van der Waals surface area contributed by atoms with E-state index >= 15 is 0 Å². The molecule has 0 aromatic heterocycles. The molecule has 0 bridgehead atoms. The van der Waals surface area contributed by atoms with Crippen LogP contribution in [0.4, 0.5) is 0 Å². The van der Waals surface area contributed by atoms with Gasteiger partial charge in [0.1, 0.15) is 0 Å². The molecule has 0 unspecified atom stereocenters. The standard InChI is InChI=1S/C23H22O2/c1-15-11-20(6-5-19-7-9-21(24)10-8-19)12-16(2)22(15)23-17(3)13-25-14-18(23)4/h5-14H,1-4H3. The number of allylic oxidation sites excluding steroid dienone is 8. The summed E-state index contributed by atoms with van der Waals surface area (Å²) >= 11 is 0. The van der Waals surface area contributed by atoms with Crippen LogP contribution in [0.5, 0.6) is 0 Å². The van der Waals surface area contributed by atoms with E-state index in [9.17, 15) is 4.79 Å². The number of benzene rings is 1. The summed E-state index contributed by atoms with van der Waals surface area (Å²) in [6.07, 6.45) is 14.6. The summed E-state index contributed by atoms with van der Waals surface area (Å²) < 4.78 is 5.37. The van der Waals surface area contributed by atoms with Crippen molar-refractivity contribution in [3.8, 4) is 0 Å². The molecular formula is C23H22O2. The van der Waals surface area contributed by atoms with Crippen LogP contribution in [-0.4, -0.2) is 5.78 Å². The first kappa shape index (κ1) is 17.0. The average molecular weight is 330 g/mol. The third-order valence-electron chi connectivity index (χ3n) is 4.43. The second-order valence-corrected chi connectivity index (χ2v) is 6.54. The molecule has 1 aliphatic heterocycles. The van der Waals surface area contributed by atoms with Gasteiger partial charge in [-0.1, -0.05) is 36.4 Å². The molecule has 1 aliphatic carbocycles. The molecule has 0 saturated carbocycles. The summed E-state index contributed by atoms with van der Waals surface area (Å²) in [5.74, 6) is 0.0357. The Morgan fingerprint density at radius 1 is 0.800 bits per heavy atom. The first-order valence-electron chi connectivity index (χ1n) is 8.39. The third kappa shape index (κ3) is 3.63. The first-order valence-corrected chi connectivity index (χ1v) is 8.39. The van der Waals surface area contributed by atoms with Crippen LogP contribution in [-0.2, 0) is 9.53 Å².